The molecule has 3 aromatic rings. The van der Waals surface area contributed by atoms with Crippen molar-refractivity contribution >= 4 is 40.2 Å². The number of piperidine rings is 1. The quantitative estimate of drug-likeness (QED) is 0.361. The van der Waals surface area contributed by atoms with Crippen molar-refractivity contribution in [3.63, 3.8) is 0 Å². The van der Waals surface area contributed by atoms with Crippen molar-refractivity contribution < 1.29 is 22.7 Å². The lowest BCUT2D eigenvalue weighted by Gasteiger charge is -2.36. The number of hydrogen-bond acceptors (Lipinski definition) is 6. The van der Waals surface area contributed by atoms with E-state index in [0.717, 1.165) is 26.5 Å². The minimum atomic E-state index is -4.50. The van der Waals surface area contributed by atoms with Crippen molar-refractivity contribution in [3.05, 3.63) is 35.1 Å². The van der Waals surface area contributed by atoms with Crippen molar-refractivity contribution in [2.24, 2.45) is 0 Å². The number of carbonyl (C=O) groups is 1. The Balaban J connectivity index is 1.70. The highest BCUT2D eigenvalue weighted by molar-refractivity contribution is 6.33. The SMILES string of the molecule is COC(=O)Nc1ccc2c(-c3nc(NC4CCC(C)(C)NC4)ncc3Cl)c[nH]c2c1CC(F)(F)F. The fraction of sp³-hybridized carbons (Fsp3) is 0.435. The van der Waals surface area contributed by atoms with Gasteiger partial charge in [0, 0.05) is 46.5 Å². The smallest absolute Gasteiger partial charge is 0.411 e. The van der Waals surface area contributed by atoms with E-state index in [2.05, 4.69) is 49.5 Å². The molecule has 12 heteroatoms. The molecule has 3 heterocycles. The molecule has 1 amide bonds. The molecule has 4 rings (SSSR count). The number of alkyl halides is 3. The summed E-state index contributed by atoms with van der Waals surface area (Å²) in [5.74, 6) is 0.379. The maximum Gasteiger partial charge on any atom is 0.411 e. The zero-order valence-corrected chi connectivity index (χ0v) is 20.2. The summed E-state index contributed by atoms with van der Waals surface area (Å²) in [7, 11) is 1.14. The fourth-order valence-corrected chi connectivity index (χ4v) is 4.37. The van der Waals surface area contributed by atoms with Crippen LogP contribution in [0.2, 0.25) is 5.02 Å². The van der Waals surface area contributed by atoms with Gasteiger partial charge in [0.2, 0.25) is 5.95 Å². The molecule has 0 radical (unpaired) electrons. The van der Waals surface area contributed by atoms with E-state index in [1.54, 1.807) is 12.3 Å². The first-order valence-corrected chi connectivity index (χ1v) is 11.4. The number of amides is 1. The van der Waals surface area contributed by atoms with Gasteiger partial charge in [-0.15, -0.1) is 0 Å². The molecule has 4 N–H and O–H groups in total. The molecule has 0 spiro atoms. The Morgan fingerprint density at radius 3 is 2.77 bits per heavy atom. The highest BCUT2D eigenvalue weighted by Crippen LogP contribution is 2.38. The van der Waals surface area contributed by atoms with Crippen molar-refractivity contribution in [1.29, 1.82) is 0 Å². The predicted octanol–water partition coefficient (Wildman–Crippen LogP) is 5.50. The Labute approximate surface area is 205 Å². The summed E-state index contributed by atoms with van der Waals surface area (Å²) in [6.45, 7) is 5.05. The zero-order valence-electron chi connectivity index (χ0n) is 19.4. The van der Waals surface area contributed by atoms with Crippen molar-refractivity contribution in [1.82, 2.24) is 20.3 Å². The van der Waals surface area contributed by atoms with Crippen LogP contribution in [0.4, 0.5) is 29.6 Å². The number of benzene rings is 1. The molecule has 35 heavy (non-hydrogen) atoms. The number of hydrogen-bond donors (Lipinski definition) is 4. The number of aromatic nitrogens is 3. The van der Waals surface area contributed by atoms with Crippen LogP contribution >= 0.6 is 11.6 Å². The Hall–Kier alpha value is -3.05. The number of carbonyl (C=O) groups excluding carboxylic acids is 1. The fourth-order valence-electron chi connectivity index (χ4n) is 4.17. The number of halogens is 4. The number of anilines is 2. The van der Waals surface area contributed by atoms with Crippen LogP contribution in [0.3, 0.4) is 0 Å². The average molecular weight is 511 g/mol. The molecule has 1 unspecified atom stereocenters. The van der Waals surface area contributed by atoms with Gasteiger partial charge in [0.1, 0.15) is 0 Å². The molecular weight excluding hydrogens is 485 g/mol. The number of nitrogens with one attached hydrogen (secondary N) is 4. The first-order valence-electron chi connectivity index (χ1n) is 11.0. The molecule has 2 aromatic heterocycles. The summed E-state index contributed by atoms with van der Waals surface area (Å²) in [5.41, 5.74) is 1.07. The van der Waals surface area contributed by atoms with Crippen LogP contribution < -0.4 is 16.0 Å². The first kappa shape index (κ1) is 25.1. The average Bonchev–Trinajstić information content (AvgIpc) is 3.21. The number of fused-ring (bicyclic) bond motifs is 1. The summed E-state index contributed by atoms with van der Waals surface area (Å²) >= 11 is 6.40. The van der Waals surface area contributed by atoms with Gasteiger partial charge in [-0.05, 0) is 32.8 Å². The summed E-state index contributed by atoms with van der Waals surface area (Å²) in [6, 6.07) is 3.14. The first-order chi connectivity index (χ1) is 16.5. The molecule has 0 bridgehead atoms. The van der Waals surface area contributed by atoms with E-state index < -0.39 is 18.7 Å². The van der Waals surface area contributed by atoms with Gasteiger partial charge in [-0.3, -0.25) is 5.32 Å². The maximum absolute atomic E-state index is 13.4. The topological polar surface area (TPSA) is 104 Å². The zero-order chi connectivity index (χ0) is 25.4. The molecule has 1 fully saturated rings. The van der Waals surface area contributed by atoms with Crippen LogP contribution in [0.15, 0.2) is 24.5 Å². The molecule has 0 aliphatic carbocycles. The lowest BCUT2D eigenvalue weighted by Crippen LogP contribution is -2.50. The maximum atomic E-state index is 13.4. The van der Waals surface area contributed by atoms with Gasteiger partial charge >= 0.3 is 12.3 Å². The van der Waals surface area contributed by atoms with Crippen LogP contribution in [-0.2, 0) is 11.2 Å². The Morgan fingerprint density at radius 1 is 1.34 bits per heavy atom. The van der Waals surface area contributed by atoms with Crippen LogP contribution in [0.1, 0.15) is 32.3 Å². The highest BCUT2D eigenvalue weighted by Gasteiger charge is 2.31. The third kappa shape index (κ3) is 5.79. The molecular formula is C23H26ClF3N6O2. The molecule has 8 nitrogen and oxygen atoms in total. The van der Waals surface area contributed by atoms with Crippen LogP contribution in [0.25, 0.3) is 22.2 Å². The van der Waals surface area contributed by atoms with E-state index in [4.69, 9.17) is 11.6 Å². The third-order valence-electron chi connectivity index (χ3n) is 6.04. The normalized spacial score (nSPS) is 17.9. The Kier molecular flexibility index (Phi) is 6.83. The van der Waals surface area contributed by atoms with Crippen molar-refractivity contribution in [3.8, 4) is 11.3 Å². The second-order valence-corrected chi connectivity index (χ2v) is 9.57. The molecule has 1 aromatic carbocycles. The second-order valence-electron chi connectivity index (χ2n) is 9.16. The third-order valence-corrected chi connectivity index (χ3v) is 6.32. The van der Waals surface area contributed by atoms with Crippen molar-refractivity contribution in [2.45, 2.75) is 50.9 Å². The van der Waals surface area contributed by atoms with Gasteiger partial charge in [0.05, 0.1) is 36.0 Å². The molecule has 1 aliphatic heterocycles. The molecule has 188 valence electrons. The number of methoxy groups -OCH3 is 1. The van der Waals surface area contributed by atoms with Gasteiger partial charge in [-0.25, -0.2) is 14.8 Å². The van der Waals surface area contributed by atoms with E-state index in [9.17, 15) is 18.0 Å². The van der Waals surface area contributed by atoms with E-state index in [0.29, 0.717) is 22.6 Å². The monoisotopic (exact) mass is 510 g/mol. The van der Waals surface area contributed by atoms with Gasteiger partial charge in [-0.2, -0.15) is 13.2 Å². The van der Waals surface area contributed by atoms with E-state index in [1.807, 2.05) is 0 Å². The van der Waals surface area contributed by atoms with E-state index >= 15 is 0 Å². The molecule has 1 atom stereocenters. The number of aromatic amines is 1. The number of H-pyrrole nitrogens is 1. The Bertz CT molecular complexity index is 1230. The van der Waals surface area contributed by atoms with E-state index in [-0.39, 0.29) is 33.4 Å². The summed E-state index contributed by atoms with van der Waals surface area (Å²) in [5, 5.41) is 9.87. The number of ether oxygens (including phenoxy) is 1. The predicted molar refractivity (Wildman–Crippen MR) is 129 cm³/mol. The lowest BCUT2D eigenvalue weighted by molar-refractivity contribution is -0.126. The summed E-state index contributed by atoms with van der Waals surface area (Å²) < 4.78 is 44.7. The minimum Gasteiger partial charge on any atom is -0.453 e. The van der Waals surface area contributed by atoms with Gasteiger partial charge < -0.3 is 20.4 Å². The number of rotatable bonds is 5. The van der Waals surface area contributed by atoms with Gasteiger partial charge in [0.25, 0.3) is 0 Å². The van der Waals surface area contributed by atoms with Gasteiger partial charge in [-0.1, -0.05) is 17.7 Å². The molecule has 0 saturated carbocycles. The Morgan fingerprint density at radius 2 is 2.11 bits per heavy atom. The van der Waals surface area contributed by atoms with Crippen molar-refractivity contribution in [2.75, 3.05) is 24.3 Å². The number of nitrogens with zero attached hydrogens (tertiary/aromatic N) is 2. The largest absolute Gasteiger partial charge is 0.453 e. The standard InChI is InChI=1S/C23H26ClF3N6O2/c1-22(2)7-6-12(9-30-22)31-20-29-11-16(24)19(33-20)15-10-28-18-13(15)4-5-17(32-21(34)35-3)14(18)8-23(25,26)27/h4-5,10-12,28,30H,6-9H2,1-3H3,(H,32,34)(H,29,31,33). The summed E-state index contributed by atoms with van der Waals surface area (Å²) in [4.78, 5) is 23.4. The summed E-state index contributed by atoms with van der Waals surface area (Å²) in [6.07, 6.45) is -1.68. The lowest BCUT2D eigenvalue weighted by atomic mass is 9.91. The van der Waals surface area contributed by atoms with Crippen LogP contribution in [0.5, 0.6) is 0 Å². The highest BCUT2D eigenvalue weighted by atomic mass is 35.5. The molecule has 1 saturated heterocycles. The van der Waals surface area contributed by atoms with Crippen LogP contribution in [-0.4, -0.2) is 52.5 Å². The molecule has 1 aliphatic rings. The van der Waals surface area contributed by atoms with E-state index in [1.165, 1.54) is 12.3 Å². The van der Waals surface area contributed by atoms with Crippen LogP contribution in [0, 0.1) is 0 Å². The second kappa shape index (κ2) is 9.54. The van der Waals surface area contributed by atoms with Gasteiger partial charge in [0.15, 0.2) is 0 Å². The minimum absolute atomic E-state index is 0.000984.